The van der Waals surface area contributed by atoms with E-state index in [2.05, 4.69) is 10.6 Å². The Morgan fingerprint density at radius 3 is 2.14 bits per heavy atom. The highest BCUT2D eigenvalue weighted by molar-refractivity contribution is 7.99. The van der Waals surface area contributed by atoms with E-state index >= 15 is 0 Å². The molecule has 0 aromatic heterocycles. The Labute approximate surface area is 251 Å². The fourth-order valence-electron chi connectivity index (χ4n) is 4.81. The van der Waals surface area contributed by atoms with Crippen molar-refractivity contribution in [2.75, 3.05) is 17.6 Å². The van der Waals surface area contributed by atoms with Crippen molar-refractivity contribution in [1.29, 1.82) is 0 Å². The third-order valence-electron chi connectivity index (χ3n) is 7.32. The first-order valence-electron chi connectivity index (χ1n) is 13.1. The lowest BCUT2D eigenvalue weighted by Crippen LogP contribution is -2.65. The third-order valence-corrected chi connectivity index (χ3v) is 11.8. The maximum atomic E-state index is 13.9. The van der Waals surface area contributed by atoms with Crippen LogP contribution in [0.3, 0.4) is 0 Å². The second-order valence-corrected chi connectivity index (χ2v) is 15.1. The van der Waals surface area contributed by atoms with Gasteiger partial charge in [0.15, 0.2) is 0 Å². The average Bonchev–Trinajstić information content (AvgIpc) is 2.93. The SMILES string of the molecule is C[C@@H](O)[C@]1(C[C@H](CSc2ccccc2)Nc2c(S(=O)(=O)c3ccc(C(N)=O)cc3)cccc2S(=O)(=O)C(F)(F)F)CCN1. The van der Waals surface area contributed by atoms with Crippen LogP contribution in [0.4, 0.5) is 18.9 Å². The number of nitrogens with two attached hydrogens (primary N) is 1. The van der Waals surface area contributed by atoms with Gasteiger partial charge in [-0.2, -0.15) is 13.2 Å². The highest BCUT2D eigenvalue weighted by Crippen LogP contribution is 2.41. The molecule has 43 heavy (non-hydrogen) atoms. The summed E-state index contributed by atoms with van der Waals surface area (Å²) in [6, 6.07) is 15.3. The molecule has 3 atom stereocenters. The lowest BCUT2D eigenvalue weighted by Gasteiger charge is -2.47. The van der Waals surface area contributed by atoms with Gasteiger partial charge in [-0.25, -0.2) is 16.8 Å². The number of rotatable bonds is 12. The molecular weight excluding hydrogens is 628 g/mol. The molecule has 0 aliphatic carbocycles. The summed E-state index contributed by atoms with van der Waals surface area (Å²) in [7, 11) is -10.6. The number of nitrogens with one attached hydrogen (secondary N) is 2. The minimum atomic E-state index is -6.01. The van der Waals surface area contributed by atoms with E-state index in [1.807, 2.05) is 18.2 Å². The van der Waals surface area contributed by atoms with Crippen LogP contribution in [-0.4, -0.2) is 63.3 Å². The number of hydrogen-bond donors (Lipinski definition) is 4. The summed E-state index contributed by atoms with van der Waals surface area (Å²) in [6.45, 7) is 2.16. The highest BCUT2D eigenvalue weighted by Gasteiger charge is 2.49. The molecular formula is C28H30F3N3O6S3. The van der Waals surface area contributed by atoms with E-state index in [9.17, 15) is 39.9 Å². The van der Waals surface area contributed by atoms with Crippen LogP contribution in [0.15, 0.2) is 92.4 Å². The number of para-hydroxylation sites is 1. The number of benzene rings is 3. The predicted molar refractivity (Wildman–Crippen MR) is 156 cm³/mol. The molecule has 3 aromatic rings. The molecule has 9 nitrogen and oxygen atoms in total. The van der Waals surface area contributed by atoms with Crippen molar-refractivity contribution in [3.8, 4) is 0 Å². The van der Waals surface area contributed by atoms with Crippen LogP contribution in [0, 0.1) is 0 Å². The zero-order valence-corrected chi connectivity index (χ0v) is 25.3. The van der Waals surface area contributed by atoms with Gasteiger partial charge in [-0.1, -0.05) is 24.3 Å². The van der Waals surface area contributed by atoms with Crippen molar-refractivity contribution in [2.24, 2.45) is 5.73 Å². The van der Waals surface area contributed by atoms with E-state index in [1.54, 1.807) is 19.1 Å². The van der Waals surface area contributed by atoms with E-state index in [0.717, 1.165) is 41.3 Å². The van der Waals surface area contributed by atoms with E-state index in [1.165, 1.54) is 11.8 Å². The van der Waals surface area contributed by atoms with Gasteiger partial charge < -0.3 is 21.5 Å². The number of anilines is 1. The molecule has 0 saturated carbocycles. The Kier molecular flexibility index (Phi) is 9.52. The van der Waals surface area contributed by atoms with Crippen molar-refractivity contribution < 1.29 is 39.9 Å². The van der Waals surface area contributed by atoms with Gasteiger partial charge in [-0.15, -0.1) is 11.8 Å². The quantitative estimate of drug-likeness (QED) is 0.212. The van der Waals surface area contributed by atoms with Gasteiger partial charge in [0, 0.05) is 27.8 Å². The largest absolute Gasteiger partial charge is 0.501 e. The number of carbonyl (C=O) groups excluding carboxylic acids is 1. The lowest BCUT2D eigenvalue weighted by molar-refractivity contribution is -0.0435. The van der Waals surface area contributed by atoms with Gasteiger partial charge in [0.2, 0.25) is 15.7 Å². The number of hydrogen-bond acceptors (Lipinski definition) is 9. The summed E-state index contributed by atoms with van der Waals surface area (Å²) >= 11 is 1.33. The first-order valence-corrected chi connectivity index (χ1v) is 17.0. The molecule has 232 valence electrons. The molecule has 1 aliphatic rings. The molecule has 1 saturated heterocycles. The zero-order valence-electron chi connectivity index (χ0n) is 22.8. The van der Waals surface area contributed by atoms with Crippen molar-refractivity contribution >= 4 is 43.0 Å². The molecule has 0 unspecified atom stereocenters. The molecule has 15 heteroatoms. The predicted octanol–water partition coefficient (Wildman–Crippen LogP) is 3.99. The Morgan fingerprint density at radius 2 is 1.63 bits per heavy atom. The number of halogens is 3. The molecule has 1 aliphatic heterocycles. The van der Waals surface area contributed by atoms with Gasteiger partial charge in [0.05, 0.1) is 21.6 Å². The smallest absolute Gasteiger partial charge is 0.391 e. The fraction of sp³-hybridized carbons (Fsp3) is 0.321. The third kappa shape index (κ3) is 6.85. The number of aliphatic hydroxyl groups is 1. The van der Waals surface area contributed by atoms with Crippen molar-refractivity contribution in [2.45, 2.75) is 62.5 Å². The summed E-state index contributed by atoms with van der Waals surface area (Å²) in [5.74, 6) is -0.632. The first kappa shape index (κ1) is 32.8. The molecule has 1 heterocycles. The van der Waals surface area contributed by atoms with Gasteiger partial charge in [0.25, 0.3) is 9.84 Å². The summed E-state index contributed by atoms with van der Waals surface area (Å²) in [6.07, 6.45) is -0.190. The van der Waals surface area contributed by atoms with Crippen LogP contribution < -0.4 is 16.4 Å². The number of amides is 1. The lowest BCUT2D eigenvalue weighted by atomic mass is 9.78. The minimum absolute atomic E-state index is 0.000110. The van der Waals surface area contributed by atoms with Gasteiger partial charge in [-0.05, 0) is 74.8 Å². The minimum Gasteiger partial charge on any atom is -0.391 e. The van der Waals surface area contributed by atoms with Gasteiger partial charge in [-0.3, -0.25) is 4.79 Å². The fourth-order valence-corrected chi connectivity index (χ4v) is 8.20. The summed E-state index contributed by atoms with van der Waals surface area (Å²) in [5, 5.41) is 16.6. The van der Waals surface area contributed by atoms with Crippen molar-refractivity contribution in [1.82, 2.24) is 5.32 Å². The molecule has 1 amide bonds. The number of sulfone groups is 2. The summed E-state index contributed by atoms with van der Waals surface area (Å²) in [5.41, 5.74) is -2.05. The molecule has 0 bridgehead atoms. The number of carbonyl (C=O) groups is 1. The Balaban J connectivity index is 1.86. The summed E-state index contributed by atoms with van der Waals surface area (Å²) < 4.78 is 94.7. The number of alkyl halides is 3. The molecule has 4 rings (SSSR count). The normalized spacial score (nSPS) is 18.8. The standard InChI is InChI=1S/C28H30F3N3O6S3/c1-18(35)27(14-15-33-27)16-20(17-41-21-6-3-2-4-7-21)34-25-23(8-5-9-24(25)43(39,40)28(29,30)31)42(37,38)22-12-10-19(11-13-22)26(32)36/h2-13,18,20,33-35H,14-17H2,1H3,(H2,32,36)/t18-,20-,27-/m1/s1. The summed E-state index contributed by atoms with van der Waals surface area (Å²) in [4.78, 5) is 9.95. The van der Waals surface area contributed by atoms with Crippen molar-refractivity contribution in [3.63, 3.8) is 0 Å². The number of thioether (sulfide) groups is 1. The van der Waals surface area contributed by atoms with Gasteiger partial charge in [0.1, 0.15) is 4.90 Å². The Hall–Kier alpha value is -3.11. The van der Waals surface area contributed by atoms with E-state index in [0.29, 0.717) is 19.0 Å². The Bertz CT molecular complexity index is 1680. The van der Waals surface area contributed by atoms with Crippen LogP contribution >= 0.6 is 11.8 Å². The first-order chi connectivity index (χ1) is 20.1. The molecule has 0 spiro atoms. The highest BCUT2D eigenvalue weighted by atomic mass is 32.2. The maximum absolute atomic E-state index is 13.9. The van der Waals surface area contributed by atoms with Crippen LogP contribution in [0.2, 0.25) is 0 Å². The number of aliphatic hydroxyl groups excluding tert-OH is 1. The van der Waals surface area contributed by atoms with E-state index in [-0.39, 0.29) is 17.7 Å². The van der Waals surface area contributed by atoms with Crippen LogP contribution in [0.25, 0.3) is 0 Å². The number of primary amides is 1. The molecule has 3 aromatic carbocycles. The monoisotopic (exact) mass is 657 g/mol. The van der Waals surface area contributed by atoms with E-state index in [4.69, 9.17) is 5.73 Å². The van der Waals surface area contributed by atoms with Crippen LogP contribution in [0.5, 0.6) is 0 Å². The second-order valence-electron chi connectivity index (χ2n) is 10.1. The average molecular weight is 658 g/mol. The molecule has 0 radical (unpaired) electrons. The maximum Gasteiger partial charge on any atom is 0.501 e. The van der Waals surface area contributed by atoms with Crippen LogP contribution in [-0.2, 0) is 19.7 Å². The van der Waals surface area contributed by atoms with Crippen molar-refractivity contribution in [3.05, 3.63) is 78.4 Å². The van der Waals surface area contributed by atoms with Gasteiger partial charge >= 0.3 is 5.51 Å². The molecule has 5 N–H and O–H groups in total. The van der Waals surface area contributed by atoms with Crippen LogP contribution in [0.1, 0.15) is 30.1 Å². The second kappa shape index (κ2) is 12.5. The zero-order chi connectivity index (χ0) is 31.6. The van der Waals surface area contributed by atoms with E-state index < -0.39 is 69.1 Å². The Morgan fingerprint density at radius 1 is 1.02 bits per heavy atom. The topological polar surface area (TPSA) is 156 Å². The molecule has 1 fully saturated rings.